The predicted octanol–water partition coefficient (Wildman–Crippen LogP) is 3.67. The van der Waals surface area contributed by atoms with Gasteiger partial charge >= 0.3 is 0 Å². The second kappa shape index (κ2) is 6.69. The quantitative estimate of drug-likeness (QED) is 0.919. The molecule has 2 nitrogen and oxygen atoms in total. The van der Waals surface area contributed by atoms with Gasteiger partial charge in [-0.2, -0.15) is 0 Å². The fourth-order valence-corrected chi connectivity index (χ4v) is 3.32. The van der Waals surface area contributed by atoms with Crippen molar-refractivity contribution in [1.29, 1.82) is 0 Å². The summed E-state index contributed by atoms with van der Waals surface area (Å²) in [7, 11) is 2.25. The number of hydrogen-bond acceptors (Lipinski definition) is 2. The molecule has 2 rings (SSSR count). The van der Waals surface area contributed by atoms with E-state index in [1.54, 1.807) is 0 Å². The SMILES string of the molecule is CN(Cc1ccc(CN)cc1Br)C1CCCCC1. The molecule has 3 heteroatoms. The highest BCUT2D eigenvalue weighted by Crippen LogP contribution is 2.25. The molecule has 0 radical (unpaired) electrons. The van der Waals surface area contributed by atoms with Gasteiger partial charge in [0.05, 0.1) is 0 Å². The maximum Gasteiger partial charge on any atom is 0.0244 e. The third kappa shape index (κ3) is 3.56. The van der Waals surface area contributed by atoms with Crippen LogP contribution in [0.5, 0.6) is 0 Å². The first kappa shape index (κ1) is 14.0. The average Bonchev–Trinajstić information content (AvgIpc) is 2.42. The molecule has 0 saturated heterocycles. The van der Waals surface area contributed by atoms with Gasteiger partial charge < -0.3 is 5.73 Å². The molecule has 0 unspecified atom stereocenters. The predicted molar refractivity (Wildman–Crippen MR) is 80.4 cm³/mol. The minimum Gasteiger partial charge on any atom is -0.326 e. The van der Waals surface area contributed by atoms with Gasteiger partial charge in [-0.3, -0.25) is 4.90 Å². The topological polar surface area (TPSA) is 29.3 Å². The molecule has 18 heavy (non-hydrogen) atoms. The van der Waals surface area contributed by atoms with E-state index in [2.05, 4.69) is 46.1 Å². The lowest BCUT2D eigenvalue weighted by molar-refractivity contribution is 0.184. The molecule has 0 aromatic heterocycles. The highest BCUT2D eigenvalue weighted by molar-refractivity contribution is 9.10. The highest BCUT2D eigenvalue weighted by atomic mass is 79.9. The minimum absolute atomic E-state index is 0.608. The summed E-state index contributed by atoms with van der Waals surface area (Å²) in [5, 5.41) is 0. The van der Waals surface area contributed by atoms with Gasteiger partial charge in [0, 0.05) is 23.6 Å². The third-order valence-electron chi connectivity index (χ3n) is 3.97. The van der Waals surface area contributed by atoms with Crippen LogP contribution in [-0.4, -0.2) is 18.0 Å². The Morgan fingerprint density at radius 1 is 1.28 bits per heavy atom. The second-order valence-electron chi connectivity index (χ2n) is 5.34. The number of halogens is 1. The first-order chi connectivity index (χ1) is 8.70. The first-order valence-electron chi connectivity index (χ1n) is 6.88. The molecule has 1 aromatic carbocycles. The Kier molecular flexibility index (Phi) is 5.22. The van der Waals surface area contributed by atoms with E-state index in [9.17, 15) is 0 Å². The van der Waals surface area contributed by atoms with E-state index < -0.39 is 0 Å². The Morgan fingerprint density at radius 3 is 2.61 bits per heavy atom. The van der Waals surface area contributed by atoms with Gasteiger partial charge in [0.2, 0.25) is 0 Å². The van der Waals surface area contributed by atoms with E-state index in [4.69, 9.17) is 5.73 Å². The first-order valence-corrected chi connectivity index (χ1v) is 7.67. The van der Waals surface area contributed by atoms with Crippen LogP contribution in [0.4, 0.5) is 0 Å². The van der Waals surface area contributed by atoms with Crippen molar-refractivity contribution in [2.45, 2.75) is 51.2 Å². The van der Waals surface area contributed by atoms with Crippen LogP contribution in [0.15, 0.2) is 22.7 Å². The van der Waals surface area contributed by atoms with E-state index >= 15 is 0 Å². The fourth-order valence-electron chi connectivity index (χ4n) is 2.77. The number of hydrogen-bond donors (Lipinski definition) is 1. The van der Waals surface area contributed by atoms with E-state index in [0.29, 0.717) is 6.54 Å². The molecule has 1 aromatic rings. The summed E-state index contributed by atoms with van der Waals surface area (Å²) in [6, 6.07) is 7.24. The Labute approximate surface area is 119 Å². The lowest BCUT2D eigenvalue weighted by atomic mass is 9.94. The smallest absolute Gasteiger partial charge is 0.0244 e. The van der Waals surface area contributed by atoms with Gasteiger partial charge in [-0.25, -0.2) is 0 Å². The number of nitrogens with zero attached hydrogens (tertiary/aromatic N) is 1. The largest absolute Gasteiger partial charge is 0.326 e. The van der Waals surface area contributed by atoms with Gasteiger partial charge in [-0.1, -0.05) is 47.3 Å². The van der Waals surface area contributed by atoms with Crippen molar-refractivity contribution >= 4 is 15.9 Å². The molecule has 0 atom stereocenters. The molecule has 0 heterocycles. The highest BCUT2D eigenvalue weighted by Gasteiger charge is 2.18. The zero-order chi connectivity index (χ0) is 13.0. The summed E-state index contributed by atoms with van der Waals surface area (Å²) in [6.07, 6.45) is 6.91. The standard InChI is InChI=1S/C15H23BrN2/c1-18(14-5-3-2-4-6-14)11-13-8-7-12(10-17)9-15(13)16/h7-9,14H,2-6,10-11,17H2,1H3. The minimum atomic E-state index is 0.608. The lowest BCUT2D eigenvalue weighted by Crippen LogP contribution is -2.32. The van der Waals surface area contributed by atoms with Crippen molar-refractivity contribution in [3.63, 3.8) is 0 Å². The Bertz CT molecular complexity index is 386. The molecule has 0 aliphatic heterocycles. The monoisotopic (exact) mass is 310 g/mol. The third-order valence-corrected chi connectivity index (χ3v) is 4.71. The van der Waals surface area contributed by atoms with E-state index in [0.717, 1.165) is 12.6 Å². The van der Waals surface area contributed by atoms with E-state index in [1.807, 2.05) is 0 Å². The van der Waals surface area contributed by atoms with Crippen molar-refractivity contribution in [3.05, 3.63) is 33.8 Å². The van der Waals surface area contributed by atoms with Gasteiger partial charge in [0.25, 0.3) is 0 Å². The Morgan fingerprint density at radius 2 is 2.00 bits per heavy atom. The van der Waals surface area contributed by atoms with Crippen LogP contribution in [0.3, 0.4) is 0 Å². The fraction of sp³-hybridized carbons (Fsp3) is 0.600. The van der Waals surface area contributed by atoms with Crippen molar-refractivity contribution in [1.82, 2.24) is 4.90 Å². The molecule has 2 N–H and O–H groups in total. The van der Waals surface area contributed by atoms with Crippen LogP contribution in [0.25, 0.3) is 0 Å². The van der Waals surface area contributed by atoms with E-state index in [-0.39, 0.29) is 0 Å². The number of benzene rings is 1. The van der Waals surface area contributed by atoms with Crippen LogP contribution in [-0.2, 0) is 13.1 Å². The molecule has 1 aliphatic carbocycles. The molecule has 1 saturated carbocycles. The molecular weight excluding hydrogens is 288 g/mol. The maximum absolute atomic E-state index is 5.66. The lowest BCUT2D eigenvalue weighted by Gasteiger charge is -2.31. The maximum atomic E-state index is 5.66. The van der Waals surface area contributed by atoms with Crippen molar-refractivity contribution in [2.24, 2.45) is 5.73 Å². The van der Waals surface area contributed by atoms with Crippen LogP contribution in [0.2, 0.25) is 0 Å². The van der Waals surface area contributed by atoms with Crippen LogP contribution in [0.1, 0.15) is 43.2 Å². The molecule has 1 fully saturated rings. The zero-order valence-corrected chi connectivity index (χ0v) is 12.7. The van der Waals surface area contributed by atoms with Gasteiger partial charge in [-0.05, 0) is 37.1 Å². The van der Waals surface area contributed by atoms with Crippen molar-refractivity contribution in [3.8, 4) is 0 Å². The molecule has 1 aliphatic rings. The number of rotatable bonds is 4. The van der Waals surface area contributed by atoms with Crippen LogP contribution in [0, 0.1) is 0 Å². The molecule has 0 bridgehead atoms. The van der Waals surface area contributed by atoms with Gasteiger partial charge in [-0.15, -0.1) is 0 Å². The van der Waals surface area contributed by atoms with Crippen LogP contribution >= 0.6 is 15.9 Å². The molecule has 100 valence electrons. The molecule has 0 spiro atoms. The summed E-state index contributed by atoms with van der Waals surface area (Å²) in [5.74, 6) is 0. The van der Waals surface area contributed by atoms with Crippen LogP contribution < -0.4 is 5.73 Å². The summed E-state index contributed by atoms with van der Waals surface area (Å²) in [5.41, 5.74) is 8.20. The van der Waals surface area contributed by atoms with Crippen molar-refractivity contribution < 1.29 is 0 Å². The number of nitrogens with two attached hydrogens (primary N) is 1. The molecular formula is C15H23BrN2. The van der Waals surface area contributed by atoms with Crippen molar-refractivity contribution in [2.75, 3.05) is 7.05 Å². The van der Waals surface area contributed by atoms with Gasteiger partial charge in [0.1, 0.15) is 0 Å². The summed E-state index contributed by atoms with van der Waals surface area (Å²) in [4.78, 5) is 2.50. The zero-order valence-electron chi connectivity index (χ0n) is 11.2. The summed E-state index contributed by atoms with van der Waals surface area (Å²) >= 11 is 3.66. The average molecular weight is 311 g/mol. The Balaban J connectivity index is 1.99. The van der Waals surface area contributed by atoms with Gasteiger partial charge in [0.15, 0.2) is 0 Å². The normalized spacial score (nSPS) is 17.3. The van der Waals surface area contributed by atoms with E-state index in [1.165, 1.54) is 47.7 Å². The Hall–Kier alpha value is -0.380. The second-order valence-corrected chi connectivity index (χ2v) is 6.19. The summed E-state index contributed by atoms with van der Waals surface area (Å²) < 4.78 is 1.19. The molecule has 0 amide bonds. The summed E-state index contributed by atoms with van der Waals surface area (Å²) in [6.45, 7) is 1.63.